The Morgan fingerprint density at radius 1 is 0.909 bits per heavy atom. The molecule has 1 aromatic rings. The molecule has 122 valence electrons. The van der Waals surface area contributed by atoms with Crippen molar-refractivity contribution in [3.8, 4) is 0 Å². The van der Waals surface area contributed by atoms with E-state index in [1.54, 1.807) is 0 Å². The number of benzene rings is 1. The van der Waals surface area contributed by atoms with Gasteiger partial charge in [0, 0.05) is 5.30 Å². The minimum absolute atomic E-state index is 0.0421. The Balaban J connectivity index is 2.13. The number of aryl methyl sites for hydroxylation is 1. The second-order valence-electron chi connectivity index (χ2n) is 8.10. The largest absolute Gasteiger partial charge is 0.102 e. The summed E-state index contributed by atoms with van der Waals surface area (Å²) in [5.74, 6) is 0. The first kappa shape index (κ1) is 16.9. The maximum Gasteiger partial charge on any atom is 0.102 e. The molecule has 0 bridgehead atoms. The third-order valence-corrected chi connectivity index (χ3v) is 15.8. The molecule has 0 spiro atoms. The Bertz CT molecular complexity index is 531. The molecule has 2 aliphatic heterocycles. The van der Waals surface area contributed by atoms with Crippen LogP contribution in [-0.2, 0) is 0 Å². The van der Waals surface area contributed by atoms with Crippen molar-refractivity contribution in [1.82, 2.24) is 0 Å². The molecule has 0 unspecified atom stereocenters. The Morgan fingerprint density at radius 2 is 1.45 bits per heavy atom. The van der Waals surface area contributed by atoms with Crippen molar-refractivity contribution < 1.29 is 0 Å². The molecule has 0 saturated carbocycles. The van der Waals surface area contributed by atoms with Gasteiger partial charge in [0.15, 0.2) is 0 Å². The van der Waals surface area contributed by atoms with Crippen molar-refractivity contribution in [2.24, 2.45) is 0 Å². The number of hydrogen-bond donors (Lipinski definition) is 0. The zero-order valence-corrected chi connectivity index (χ0v) is 17.1. The summed E-state index contributed by atoms with van der Waals surface area (Å²) >= 11 is 0. The van der Waals surface area contributed by atoms with E-state index in [9.17, 15) is 0 Å². The van der Waals surface area contributed by atoms with Crippen LogP contribution < -0.4 is 10.6 Å². The van der Waals surface area contributed by atoms with Gasteiger partial charge in [-0.15, -0.1) is 0 Å². The van der Waals surface area contributed by atoms with Crippen molar-refractivity contribution in [1.29, 1.82) is 0 Å². The van der Waals surface area contributed by atoms with Gasteiger partial charge in [-0.2, -0.15) is 0 Å². The Morgan fingerprint density at radius 3 is 2.00 bits per heavy atom. The highest BCUT2D eigenvalue weighted by Crippen LogP contribution is 2.70. The molecule has 0 aliphatic carbocycles. The lowest BCUT2D eigenvalue weighted by Gasteiger charge is -2.32. The lowest BCUT2D eigenvalue weighted by atomic mass is 10.2. The summed E-state index contributed by atoms with van der Waals surface area (Å²) < 4.78 is 0. The van der Waals surface area contributed by atoms with Crippen LogP contribution in [0.2, 0.25) is 0 Å². The van der Waals surface area contributed by atoms with E-state index >= 15 is 0 Å². The quantitative estimate of drug-likeness (QED) is 0.625. The fourth-order valence-corrected chi connectivity index (χ4v) is 13.3. The van der Waals surface area contributed by atoms with E-state index in [1.165, 1.54) is 31.2 Å². The van der Waals surface area contributed by atoms with Crippen LogP contribution >= 0.6 is 15.2 Å². The molecule has 4 atom stereocenters. The monoisotopic (exact) mass is 335 g/mol. The predicted molar refractivity (Wildman–Crippen MR) is 107 cm³/mol. The summed E-state index contributed by atoms with van der Waals surface area (Å²) in [5.41, 5.74) is 5.16. The molecule has 0 aromatic heterocycles. The second-order valence-corrected chi connectivity index (χ2v) is 15.7. The molecular formula is C20H33P2+. The van der Waals surface area contributed by atoms with Crippen molar-refractivity contribution in [2.75, 3.05) is 6.66 Å². The van der Waals surface area contributed by atoms with E-state index in [4.69, 9.17) is 0 Å². The SMILES string of the molecule is Cc1ccc([P+]2(C)[C@H](C)CC[C@H]2C)c(P2[C@H](C)CC[C@H]2C)c1. The third-order valence-electron chi connectivity index (χ3n) is 6.71. The third kappa shape index (κ3) is 2.59. The highest BCUT2D eigenvalue weighted by molar-refractivity contribution is 7.85. The van der Waals surface area contributed by atoms with Crippen LogP contribution in [0.1, 0.15) is 58.9 Å². The molecule has 2 heterocycles. The molecule has 3 rings (SSSR count). The average Bonchev–Trinajstić information content (AvgIpc) is 2.94. The first-order chi connectivity index (χ1) is 10.4. The number of hydrogen-bond acceptors (Lipinski definition) is 0. The Kier molecular flexibility index (Phi) is 4.75. The molecule has 0 amide bonds. The van der Waals surface area contributed by atoms with Gasteiger partial charge in [0.25, 0.3) is 0 Å². The van der Waals surface area contributed by atoms with Gasteiger partial charge in [0.1, 0.15) is 5.30 Å². The fraction of sp³-hybridized carbons (Fsp3) is 0.700. The summed E-state index contributed by atoms with van der Waals surface area (Å²) in [6.45, 7) is 15.1. The second kappa shape index (κ2) is 6.18. The van der Waals surface area contributed by atoms with Gasteiger partial charge < -0.3 is 0 Å². The molecule has 22 heavy (non-hydrogen) atoms. The molecule has 0 radical (unpaired) electrons. The van der Waals surface area contributed by atoms with Crippen LogP contribution in [0.3, 0.4) is 0 Å². The molecule has 2 saturated heterocycles. The van der Waals surface area contributed by atoms with Crippen LogP contribution in [0.4, 0.5) is 0 Å². The van der Waals surface area contributed by atoms with Gasteiger partial charge in [-0.25, -0.2) is 0 Å². The Labute approximate surface area is 139 Å². The topological polar surface area (TPSA) is 0 Å². The summed E-state index contributed by atoms with van der Waals surface area (Å²) in [6, 6.07) is 7.53. The van der Waals surface area contributed by atoms with Crippen LogP contribution in [0.5, 0.6) is 0 Å². The van der Waals surface area contributed by atoms with Crippen LogP contribution in [-0.4, -0.2) is 29.3 Å². The summed E-state index contributed by atoms with van der Waals surface area (Å²) in [6.07, 6.45) is 5.78. The van der Waals surface area contributed by atoms with E-state index < -0.39 is 7.26 Å². The van der Waals surface area contributed by atoms with Crippen molar-refractivity contribution in [2.45, 2.75) is 82.9 Å². The zero-order chi connectivity index (χ0) is 16.1. The Hall–Kier alpha value is 0.0800. The maximum atomic E-state index is 2.67. The van der Waals surface area contributed by atoms with Crippen LogP contribution in [0, 0.1) is 6.92 Å². The maximum absolute atomic E-state index is 2.67. The van der Waals surface area contributed by atoms with E-state index in [1.807, 2.05) is 10.6 Å². The van der Waals surface area contributed by atoms with Crippen molar-refractivity contribution in [3.63, 3.8) is 0 Å². The fourth-order valence-electron chi connectivity index (χ4n) is 4.85. The summed E-state index contributed by atoms with van der Waals surface area (Å²) in [7, 11) is -0.959. The van der Waals surface area contributed by atoms with Crippen LogP contribution in [0.15, 0.2) is 18.2 Å². The van der Waals surface area contributed by atoms with Gasteiger partial charge in [-0.1, -0.05) is 33.4 Å². The highest BCUT2D eigenvalue weighted by Gasteiger charge is 2.52. The van der Waals surface area contributed by atoms with Crippen LogP contribution in [0.25, 0.3) is 0 Å². The molecular weight excluding hydrogens is 302 g/mol. The van der Waals surface area contributed by atoms with E-state index in [2.05, 4.69) is 59.5 Å². The lowest BCUT2D eigenvalue weighted by molar-refractivity contribution is 0.777. The lowest BCUT2D eigenvalue weighted by Crippen LogP contribution is -2.34. The minimum atomic E-state index is -1.00. The number of rotatable bonds is 2. The van der Waals surface area contributed by atoms with Gasteiger partial charge in [-0.05, 0) is 69.9 Å². The first-order valence-corrected chi connectivity index (χ1v) is 13.0. The van der Waals surface area contributed by atoms with E-state index in [0.717, 1.165) is 22.6 Å². The van der Waals surface area contributed by atoms with Crippen molar-refractivity contribution >= 4 is 25.8 Å². The van der Waals surface area contributed by atoms with Gasteiger partial charge in [-0.3, -0.25) is 0 Å². The smallest absolute Gasteiger partial charge is 0.0652 e. The molecule has 2 fully saturated rings. The van der Waals surface area contributed by atoms with Crippen molar-refractivity contribution in [3.05, 3.63) is 23.8 Å². The molecule has 2 aliphatic rings. The van der Waals surface area contributed by atoms with Gasteiger partial charge in [0.05, 0.1) is 25.2 Å². The highest BCUT2D eigenvalue weighted by atomic mass is 31.2. The zero-order valence-electron chi connectivity index (χ0n) is 15.3. The van der Waals surface area contributed by atoms with Gasteiger partial charge in [0.2, 0.25) is 0 Å². The first-order valence-electron chi connectivity index (χ1n) is 9.11. The molecule has 0 nitrogen and oxygen atoms in total. The summed E-state index contributed by atoms with van der Waals surface area (Å²) in [5, 5.41) is 3.63. The summed E-state index contributed by atoms with van der Waals surface area (Å²) in [4.78, 5) is 0. The molecule has 2 heteroatoms. The molecule has 1 aromatic carbocycles. The normalized spacial score (nSPS) is 35.2. The molecule has 0 N–H and O–H groups in total. The minimum Gasteiger partial charge on any atom is -0.0652 e. The standard InChI is InChI=1S/C20H33P2/c1-14-7-12-20(22(6)17(4)10-11-18(22)5)19(13-14)21-15(2)8-9-16(21)3/h7,12-13,15-18H,8-11H2,1-6H3/q+1/t15-,16-,17-,18-/m1/s1. The average molecular weight is 335 g/mol. The van der Waals surface area contributed by atoms with E-state index in [-0.39, 0.29) is 7.92 Å². The van der Waals surface area contributed by atoms with Gasteiger partial charge >= 0.3 is 0 Å². The predicted octanol–water partition coefficient (Wildman–Crippen LogP) is 5.52. The van der Waals surface area contributed by atoms with E-state index in [0.29, 0.717) is 0 Å².